The average molecular weight is 532 g/mol. The molecule has 3 N–H and O–H groups in total. The summed E-state index contributed by atoms with van der Waals surface area (Å²) in [6.07, 6.45) is 2.06. The molecule has 0 atom stereocenters. The van der Waals surface area contributed by atoms with Gasteiger partial charge in [-0.2, -0.15) is 13.2 Å². The number of aliphatic carboxylic acids is 1. The number of aromatic carboxylic acids is 1. The number of benzene rings is 2. The number of aromatic nitrogens is 1. The number of carbonyl (C=O) groups is 3. The second-order valence-corrected chi connectivity index (χ2v) is 7.34. The van der Waals surface area contributed by atoms with Crippen LogP contribution in [0, 0.1) is 0 Å². The Balaban J connectivity index is 0.000000638. The summed E-state index contributed by atoms with van der Waals surface area (Å²) in [4.78, 5) is 36.4. The number of carboxylic acid groups (broad SMARTS) is 2. The molecule has 3 rings (SSSR count). The van der Waals surface area contributed by atoms with Gasteiger partial charge in [-0.1, -0.05) is 18.2 Å². The minimum atomic E-state index is -5.08. The molecule has 0 saturated carbocycles. The molecule has 0 aliphatic carbocycles. The zero-order valence-corrected chi connectivity index (χ0v) is 19.9. The zero-order valence-electron chi connectivity index (χ0n) is 19.9. The van der Waals surface area contributed by atoms with Gasteiger partial charge in [0, 0.05) is 24.9 Å². The number of nitrogens with zero attached hydrogens (tertiary/aromatic N) is 1. The molecule has 12 heteroatoms. The smallest absolute Gasteiger partial charge is 0.490 e. The van der Waals surface area contributed by atoms with E-state index in [1.165, 1.54) is 18.2 Å². The van der Waals surface area contributed by atoms with E-state index in [1.54, 1.807) is 55.9 Å². The summed E-state index contributed by atoms with van der Waals surface area (Å²) in [5.74, 6) is -3.15. The number of amides is 1. The maximum atomic E-state index is 12.2. The Morgan fingerprint density at radius 2 is 1.66 bits per heavy atom. The van der Waals surface area contributed by atoms with Crippen LogP contribution < -0.4 is 14.8 Å². The number of pyridine rings is 1. The maximum Gasteiger partial charge on any atom is 0.490 e. The molecule has 0 aliphatic rings. The molecule has 1 heterocycles. The molecule has 38 heavy (non-hydrogen) atoms. The lowest BCUT2D eigenvalue weighted by atomic mass is 10.1. The monoisotopic (exact) mass is 532 g/mol. The van der Waals surface area contributed by atoms with Crippen LogP contribution in [0.25, 0.3) is 6.08 Å². The molecule has 0 bridgehead atoms. The van der Waals surface area contributed by atoms with E-state index in [9.17, 15) is 27.9 Å². The van der Waals surface area contributed by atoms with Crippen molar-refractivity contribution in [1.82, 2.24) is 4.98 Å². The summed E-state index contributed by atoms with van der Waals surface area (Å²) in [5.41, 5.74) is 2.11. The first kappa shape index (κ1) is 29.4. The van der Waals surface area contributed by atoms with Crippen molar-refractivity contribution in [3.63, 3.8) is 0 Å². The van der Waals surface area contributed by atoms with Gasteiger partial charge in [-0.3, -0.25) is 9.78 Å². The van der Waals surface area contributed by atoms with Gasteiger partial charge in [0.1, 0.15) is 0 Å². The fourth-order valence-electron chi connectivity index (χ4n) is 2.86. The van der Waals surface area contributed by atoms with Crippen molar-refractivity contribution in [2.24, 2.45) is 0 Å². The predicted molar refractivity (Wildman–Crippen MR) is 131 cm³/mol. The molecule has 1 aromatic heterocycles. The number of rotatable bonds is 9. The molecule has 9 nitrogen and oxygen atoms in total. The van der Waals surface area contributed by atoms with E-state index in [1.807, 2.05) is 12.1 Å². The van der Waals surface area contributed by atoms with Crippen LogP contribution in [0.15, 0.2) is 73.1 Å². The third kappa shape index (κ3) is 9.64. The molecule has 2 aromatic carbocycles. The lowest BCUT2D eigenvalue weighted by Crippen LogP contribution is -2.21. The molecule has 0 aliphatic heterocycles. The van der Waals surface area contributed by atoms with Crippen LogP contribution >= 0.6 is 0 Å². The molecule has 0 saturated heterocycles. The Bertz CT molecular complexity index is 1280. The second-order valence-electron chi connectivity index (χ2n) is 7.34. The number of hydrogen-bond donors (Lipinski definition) is 3. The first-order valence-corrected chi connectivity index (χ1v) is 10.8. The first-order chi connectivity index (χ1) is 18.0. The van der Waals surface area contributed by atoms with Crippen LogP contribution in [0.2, 0.25) is 0 Å². The standard InChI is InChI=1S/C24H22N2O5.C2HF3O2/c1-30-21-8-6-18(16-22(21)31-15-12-17-10-13-25-14-11-17)7-9-23(27)26-20-5-3-2-4-19(20)24(28)29;3-2(4,5)1(6)7/h2-11,13-14,16H,12,15H2,1H3,(H,26,27)(H,28,29);(H,6,7)/b9-7+;. The average Bonchev–Trinajstić information content (AvgIpc) is 2.88. The van der Waals surface area contributed by atoms with Crippen molar-refractivity contribution in [3.05, 3.63) is 89.8 Å². The van der Waals surface area contributed by atoms with Gasteiger partial charge in [-0.05, 0) is 53.6 Å². The minimum absolute atomic E-state index is 0.0265. The SMILES string of the molecule is COc1ccc(/C=C/C(=O)Nc2ccccc2C(=O)O)cc1OCCc1ccncc1.O=C(O)C(F)(F)F. The van der Waals surface area contributed by atoms with Gasteiger partial charge in [0.25, 0.3) is 0 Å². The highest BCUT2D eigenvalue weighted by atomic mass is 19.4. The predicted octanol–water partition coefficient (Wildman–Crippen LogP) is 4.70. The highest BCUT2D eigenvalue weighted by molar-refractivity contribution is 6.06. The van der Waals surface area contributed by atoms with Crippen LogP contribution in [-0.2, 0) is 16.0 Å². The van der Waals surface area contributed by atoms with Crippen molar-refractivity contribution in [2.45, 2.75) is 12.6 Å². The maximum absolute atomic E-state index is 12.2. The zero-order chi connectivity index (χ0) is 28.1. The van der Waals surface area contributed by atoms with E-state index in [4.69, 9.17) is 19.4 Å². The highest BCUT2D eigenvalue weighted by Gasteiger charge is 2.38. The van der Waals surface area contributed by atoms with Crippen LogP contribution in [-0.4, -0.2) is 52.9 Å². The lowest BCUT2D eigenvalue weighted by Gasteiger charge is -2.11. The number of carbonyl (C=O) groups excluding carboxylic acids is 1. The van der Waals surface area contributed by atoms with Gasteiger partial charge < -0.3 is 25.0 Å². The van der Waals surface area contributed by atoms with E-state index in [0.717, 1.165) is 17.5 Å². The number of carboxylic acids is 2. The van der Waals surface area contributed by atoms with Crippen LogP contribution in [0.3, 0.4) is 0 Å². The number of halogens is 3. The molecule has 0 radical (unpaired) electrons. The quantitative estimate of drug-likeness (QED) is 0.338. The molecule has 0 spiro atoms. The van der Waals surface area contributed by atoms with Crippen LogP contribution in [0.5, 0.6) is 11.5 Å². The number of anilines is 1. The third-order valence-electron chi connectivity index (χ3n) is 4.67. The molecule has 3 aromatic rings. The van der Waals surface area contributed by atoms with Gasteiger partial charge in [0.05, 0.1) is 25.0 Å². The molecule has 0 unspecified atom stereocenters. The minimum Gasteiger partial charge on any atom is -0.493 e. The van der Waals surface area contributed by atoms with E-state index in [-0.39, 0.29) is 11.3 Å². The third-order valence-corrected chi connectivity index (χ3v) is 4.67. The summed E-state index contributed by atoms with van der Waals surface area (Å²) in [6.45, 7) is 0.458. The van der Waals surface area contributed by atoms with E-state index in [0.29, 0.717) is 18.1 Å². The summed E-state index contributed by atoms with van der Waals surface area (Å²) in [6, 6.07) is 15.4. The number of methoxy groups -OCH3 is 1. The molecule has 0 fully saturated rings. The highest BCUT2D eigenvalue weighted by Crippen LogP contribution is 2.29. The van der Waals surface area contributed by atoms with E-state index < -0.39 is 24.0 Å². The van der Waals surface area contributed by atoms with Crippen molar-refractivity contribution in [3.8, 4) is 11.5 Å². The van der Waals surface area contributed by atoms with Gasteiger partial charge >= 0.3 is 18.1 Å². The first-order valence-electron chi connectivity index (χ1n) is 10.8. The number of nitrogens with one attached hydrogen (secondary N) is 1. The summed E-state index contributed by atoms with van der Waals surface area (Å²) in [7, 11) is 1.56. The van der Waals surface area contributed by atoms with Crippen molar-refractivity contribution < 1.29 is 47.2 Å². The number of ether oxygens (including phenoxy) is 2. The van der Waals surface area contributed by atoms with E-state index >= 15 is 0 Å². The van der Waals surface area contributed by atoms with Gasteiger partial charge in [0.15, 0.2) is 11.5 Å². The van der Waals surface area contributed by atoms with Crippen LogP contribution in [0.4, 0.5) is 18.9 Å². The van der Waals surface area contributed by atoms with Crippen molar-refractivity contribution in [2.75, 3.05) is 19.0 Å². The van der Waals surface area contributed by atoms with Gasteiger partial charge in [-0.25, -0.2) is 9.59 Å². The Kier molecular flexibility index (Phi) is 10.8. The normalized spacial score (nSPS) is 10.7. The van der Waals surface area contributed by atoms with Crippen molar-refractivity contribution >= 4 is 29.6 Å². The van der Waals surface area contributed by atoms with Crippen LogP contribution in [0.1, 0.15) is 21.5 Å². The summed E-state index contributed by atoms with van der Waals surface area (Å²) >= 11 is 0. The van der Waals surface area contributed by atoms with Gasteiger partial charge in [0.2, 0.25) is 5.91 Å². The molecule has 200 valence electrons. The Morgan fingerprint density at radius 3 is 2.26 bits per heavy atom. The molecular weight excluding hydrogens is 509 g/mol. The Morgan fingerprint density at radius 1 is 1.00 bits per heavy atom. The fourth-order valence-corrected chi connectivity index (χ4v) is 2.86. The summed E-state index contributed by atoms with van der Waals surface area (Å²) in [5, 5.41) is 18.9. The second kappa shape index (κ2) is 14.0. The Labute approximate surface area is 215 Å². The number of alkyl halides is 3. The molecule has 1 amide bonds. The topological polar surface area (TPSA) is 135 Å². The lowest BCUT2D eigenvalue weighted by molar-refractivity contribution is -0.192. The Hall–Kier alpha value is -4.87. The fraction of sp³-hybridized carbons (Fsp3) is 0.154. The largest absolute Gasteiger partial charge is 0.493 e. The molecular formula is C26H23F3N2O7. The van der Waals surface area contributed by atoms with Crippen molar-refractivity contribution in [1.29, 1.82) is 0 Å². The number of hydrogen-bond acceptors (Lipinski definition) is 6. The summed E-state index contributed by atoms with van der Waals surface area (Å²) < 4.78 is 43.0. The van der Waals surface area contributed by atoms with E-state index in [2.05, 4.69) is 10.3 Å². The van der Waals surface area contributed by atoms with Gasteiger partial charge in [-0.15, -0.1) is 0 Å². The number of para-hydroxylation sites is 1.